The summed E-state index contributed by atoms with van der Waals surface area (Å²) in [7, 11) is 0. The van der Waals surface area contributed by atoms with Crippen LogP contribution in [0, 0.1) is 6.92 Å². The molecule has 3 heteroatoms. The van der Waals surface area contributed by atoms with Crippen LogP contribution >= 0.6 is 22.9 Å². The van der Waals surface area contributed by atoms with Crippen molar-refractivity contribution >= 4 is 22.9 Å². The van der Waals surface area contributed by atoms with E-state index in [4.69, 9.17) is 11.6 Å². The van der Waals surface area contributed by atoms with Crippen molar-refractivity contribution in [2.24, 2.45) is 0 Å². The molecule has 1 nitrogen and oxygen atoms in total. The Kier molecular flexibility index (Phi) is 4.21. The fourth-order valence-corrected chi connectivity index (χ4v) is 2.80. The van der Waals surface area contributed by atoms with Gasteiger partial charge in [-0.15, -0.1) is 11.3 Å². The average molecular weight is 266 g/mol. The number of hydrogen-bond donors (Lipinski definition) is 1. The van der Waals surface area contributed by atoms with Crippen LogP contribution in [0.3, 0.4) is 0 Å². The molecule has 17 heavy (non-hydrogen) atoms. The Labute approximate surface area is 111 Å². The lowest BCUT2D eigenvalue weighted by molar-refractivity contribution is 0.727. The average Bonchev–Trinajstić information content (AvgIpc) is 2.74. The Morgan fingerprint density at radius 2 is 2.06 bits per heavy atom. The highest BCUT2D eigenvalue weighted by atomic mass is 35.5. The van der Waals surface area contributed by atoms with Gasteiger partial charge in [0.25, 0.3) is 0 Å². The normalized spacial score (nSPS) is 10.8. The van der Waals surface area contributed by atoms with E-state index in [0.717, 1.165) is 23.7 Å². The Bertz CT molecular complexity index is 505. The van der Waals surface area contributed by atoms with E-state index >= 15 is 0 Å². The molecule has 90 valence electrons. The Morgan fingerprint density at radius 1 is 1.24 bits per heavy atom. The van der Waals surface area contributed by atoms with E-state index in [1.807, 2.05) is 0 Å². The fourth-order valence-electron chi connectivity index (χ4n) is 1.69. The number of benzene rings is 1. The van der Waals surface area contributed by atoms with Crippen LogP contribution in [-0.4, -0.2) is 6.54 Å². The molecule has 0 radical (unpaired) electrons. The van der Waals surface area contributed by atoms with Crippen molar-refractivity contribution in [1.29, 1.82) is 0 Å². The lowest BCUT2D eigenvalue weighted by Crippen LogP contribution is -2.11. The van der Waals surface area contributed by atoms with Crippen molar-refractivity contribution < 1.29 is 0 Å². The molecule has 0 amide bonds. The summed E-state index contributed by atoms with van der Waals surface area (Å²) in [4.78, 5) is 2.60. The zero-order chi connectivity index (χ0) is 12.3. The van der Waals surface area contributed by atoms with Crippen molar-refractivity contribution in [2.45, 2.75) is 20.4 Å². The van der Waals surface area contributed by atoms with Crippen molar-refractivity contribution in [3.8, 4) is 10.4 Å². The topological polar surface area (TPSA) is 12.0 Å². The van der Waals surface area contributed by atoms with Gasteiger partial charge in [-0.2, -0.15) is 0 Å². The van der Waals surface area contributed by atoms with E-state index in [1.54, 1.807) is 11.3 Å². The van der Waals surface area contributed by atoms with Crippen LogP contribution in [0.5, 0.6) is 0 Å². The monoisotopic (exact) mass is 265 g/mol. The second-order valence-corrected chi connectivity index (χ2v) is 5.69. The minimum Gasteiger partial charge on any atom is -0.313 e. The van der Waals surface area contributed by atoms with Crippen LogP contribution < -0.4 is 5.32 Å². The van der Waals surface area contributed by atoms with Crippen LogP contribution in [0.1, 0.15) is 17.4 Å². The number of hydrogen-bond acceptors (Lipinski definition) is 2. The number of nitrogens with one attached hydrogen (secondary N) is 1. The molecule has 0 aliphatic carbocycles. The number of thiophene rings is 1. The highest BCUT2D eigenvalue weighted by Crippen LogP contribution is 2.30. The van der Waals surface area contributed by atoms with Gasteiger partial charge in [0, 0.05) is 21.3 Å². The van der Waals surface area contributed by atoms with Gasteiger partial charge in [0.1, 0.15) is 0 Å². The molecule has 1 N–H and O–H groups in total. The third-order valence-corrected chi connectivity index (χ3v) is 4.05. The SMILES string of the molecule is CCNCc1ccc(-c2ccc(C)s2)cc1Cl. The van der Waals surface area contributed by atoms with E-state index in [0.29, 0.717) is 0 Å². The maximum atomic E-state index is 6.29. The van der Waals surface area contributed by atoms with Crippen LogP contribution in [-0.2, 0) is 6.54 Å². The van der Waals surface area contributed by atoms with E-state index in [9.17, 15) is 0 Å². The molecule has 1 aromatic heterocycles. The van der Waals surface area contributed by atoms with Gasteiger partial charge in [-0.25, -0.2) is 0 Å². The van der Waals surface area contributed by atoms with Crippen molar-refractivity contribution in [3.05, 3.63) is 45.8 Å². The summed E-state index contributed by atoms with van der Waals surface area (Å²) in [6.45, 7) is 6.01. The molecular weight excluding hydrogens is 250 g/mol. The third-order valence-electron chi connectivity index (χ3n) is 2.64. The Morgan fingerprint density at radius 3 is 2.65 bits per heavy atom. The molecule has 0 saturated carbocycles. The van der Waals surface area contributed by atoms with Crippen LogP contribution in [0.2, 0.25) is 5.02 Å². The molecule has 0 bridgehead atoms. The summed E-state index contributed by atoms with van der Waals surface area (Å²) >= 11 is 8.09. The van der Waals surface area contributed by atoms with E-state index in [-0.39, 0.29) is 0 Å². The summed E-state index contributed by atoms with van der Waals surface area (Å²) in [5, 5.41) is 4.13. The molecule has 2 rings (SSSR count). The summed E-state index contributed by atoms with van der Waals surface area (Å²) in [6, 6.07) is 10.6. The molecule has 0 saturated heterocycles. The lowest BCUT2D eigenvalue weighted by atomic mass is 10.1. The second-order valence-electron chi connectivity index (χ2n) is 4.00. The van der Waals surface area contributed by atoms with Gasteiger partial charge in [0.15, 0.2) is 0 Å². The van der Waals surface area contributed by atoms with E-state index in [1.165, 1.54) is 15.3 Å². The second kappa shape index (κ2) is 5.67. The molecule has 0 aliphatic rings. The minimum atomic E-state index is 0.832. The molecule has 0 unspecified atom stereocenters. The first kappa shape index (κ1) is 12.6. The van der Waals surface area contributed by atoms with Crippen LogP contribution in [0.4, 0.5) is 0 Å². The highest BCUT2D eigenvalue weighted by molar-refractivity contribution is 7.15. The van der Waals surface area contributed by atoms with Gasteiger partial charge >= 0.3 is 0 Å². The first-order chi connectivity index (χ1) is 8.20. The van der Waals surface area contributed by atoms with Crippen molar-refractivity contribution in [1.82, 2.24) is 5.32 Å². The fraction of sp³-hybridized carbons (Fsp3) is 0.286. The smallest absolute Gasteiger partial charge is 0.0457 e. The number of halogens is 1. The quantitative estimate of drug-likeness (QED) is 0.859. The van der Waals surface area contributed by atoms with Gasteiger partial charge < -0.3 is 5.32 Å². The zero-order valence-corrected chi connectivity index (χ0v) is 11.7. The molecule has 2 aromatic rings. The Hall–Kier alpha value is -0.830. The van der Waals surface area contributed by atoms with Crippen molar-refractivity contribution in [2.75, 3.05) is 6.54 Å². The third kappa shape index (κ3) is 3.09. The van der Waals surface area contributed by atoms with E-state index < -0.39 is 0 Å². The van der Waals surface area contributed by atoms with Gasteiger partial charge in [0.2, 0.25) is 0 Å². The number of rotatable bonds is 4. The molecule has 0 aliphatic heterocycles. The first-order valence-corrected chi connectivity index (χ1v) is 6.96. The van der Waals surface area contributed by atoms with Gasteiger partial charge in [-0.3, -0.25) is 0 Å². The zero-order valence-electron chi connectivity index (χ0n) is 10.1. The van der Waals surface area contributed by atoms with Crippen LogP contribution in [0.15, 0.2) is 30.3 Å². The summed E-state index contributed by atoms with van der Waals surface area (Å²) in [6.07, 6.45) is 0. The molecule has 0 spiro atoms. The van der Waals surface area contributed by atoms with Crippen molar-refractivity contribution in [3.63, 3.8) is 0 Å². The Balaban J connectivity index is 2.24. The highest BCUT2D eigenvalue weighted by Gasteiger charge is 2.05. The summed E-state index contributed by atoms with van der Waals surface area (Å²) in [5.74, 6) is 0. The summed E-state index contributed by atoms with van der Waals surface area (Å²) < 4.78 is 0. The van der Waals surface area contributed by atoms with Gasteiger partial charge in [-0.05, 0) is 42.8 Å². The molecular formula is C14H16ClNS. The standard InChI is InChI=1S/C14H16ClNS/c1-3-16-9-12-6-5-11(8-13(12)15)14-7-4-10(2)17-14/h4-8,16H,3,9H2,1-2H3. The maximum absolute atomic E-state index is 6.29. The molecule has 0 fully saturated rings. The molecule has 0 atom stereocenters. The van der Waals surface area contributed by atoms with Gasteiger partial charge in [-0.1, -0.05) is 30.7 Å². The maximum Gasteiger partial charge on any atom is 0.0457 e. The predicted octanol–water partition coefficient (Wildman–Crippen LogP) is 4.49. The molecule has 1 heterocycles. The number of aryl methyl sites for hydroxylation is 1. The largest absolute Gasteiger partial charge is 0.313 e. The van der Waals surface area contributed by atoms with Gasteiger partial charge in [0.05, 0.1) is 0 Å². The predicted molar refractivity (Wildman–Crippen MR) is 76.9 cm³/mol. The summed E-state index contributed by atoms with van der Waals surface area (Å²) in [5.41, 5.74) is 2.36. The molecule has 1 aromatic carbocycles. The first-order valence-electron chi connectivity index (χ1n) is 5.76. The minimum absolute atomic E-state index is 0.832. The lowest BCUT2D eigenvalue weighted by Gasteiger charge is -2.06. The van der Waals surface area contributed by atoms with Crippen LogP contribution in [0.25, 0.3) is 10.4 Å². The van der Waals surface area contributed by atoms with E-state index in [2.05, 4.69) is 49.5 Å².